The lowest BCUT2D eigenvalue weighted by molar-refractivity contribution is -0.137. The topological polar surface area (TPSA) is 58.6 Å². The molecule has 2 aromatic carbocycles. The summed E-state index contributed by atoms with van der Waals surface area (Å²) >= 11 is 6.01. The molecule has 0 aromatic heterocycles. The molecule has 144 valence electrons. The Bertz CT molecular complexity index is 837. The van der Waals surface area contributed by atoms with Crippen LogP contribution in [-0.4, -0.2) is 37.4 Å². The van der Waals surface area contributed by atoms with E-state index in [9.17, 15) is 22.8 Å². The number of carbonyl (C=O) groups is 2. The molecule has 1 N–H and O–H groups in total. The molecule has 0 aliphatic carbocycles. The van der Waals surface area contributed by atoms with Gasteiger partial charge in [-0.3, -0.25) is 9.59 Å². The number of hydrogen-bond donors (Lipinski definition) is 1. The molecule has 27 heavy (non-hydrogen) atoms. The van der Waals surface area contributed by atoms with E-state index in [-0.39, 0.29) is 22.4 Å². The van der Waals surface area contributed by atoms with Crippen molar-refractivity contribution < 1.29 is 27.5 Å². The van der Waals surface area contributed by atoms with Crippen LogP contribution in [0.5, 0.6) is 5.75 Å². The van der Waals surface area contributed by atoms with E-state index in [4.69, 9.17) is 16.3 Å². The molecular formula is C18H16ClF3N2O3. The third kappa shape index (κ3) is 5.62. The van der Waals surface area contributed by atoms with Gasteiger partial charge in [0.05, 0.1) is 16.3 Å². The van der Waals surface area contributed by atoms with Crippen molar-refractivity contribution in [2.75, 3.05) is 26.0 Å². The van der Waals surface area contributed by atoms with E-state index in [1.165, 1.54) is 23.1 Å². The van der Waals surface area contributed by atoms with Crippen LogP contribution < -0.4 is 10.1 Å². The van der Waals surface area contributed by atoms with Crippen LogP contribution in [0.2, 0.25) is 5.02 Å². The number of rotatable bonds is 5. The van der Waals surface area contributed by atoms with Gasteiger partial charge in [-0.2, -0.15) is 13.2 Å². The Labute approximate surface area is 158 Å². The van der Waals surface area contributed by atoms with Crippen LogP contribution in [0, 0.1) is 0 Å². The maximum Gasteiger partial charge on any atom is 0.416 e. The minimum Gasteiger partial charge on any atom is -0.484 e. The quantitative estimate of drug-likeness (QED) is 0.822. The van der Waals surface area contributed by atoms with Crippen LogP contribution in [0.3, 0.4) is 0 Å². The Hall–Kier alpha value is -2.74. The molecule has 0 radical (unpaired) electrons. The summed E-state index contributed by atoms with van der Waals surface area (Å²) in [6.45, 7) is -0.437. The summed E-state index contributed by atoms with van der Waals surface area (Å²) in [5, 5.41) is 2.73. The fourth-order valence-corrected chi connectivity index (χ4v) is 2.25. The average Bonchev–Trinajstić information content (AvgIpc) is 2.60. The van der Waals surface area contributed by atoms with Gasteiger partial charge in [0.1, 0.15) is 5.75 Å². The Morgan fingerprint density at radius 1 is 1.11 bits per heavy atom. The second-order valence-electron chi connectivity index (χ2n) is 5.75. The van der Waals surface area contributed by atoms with Crippen LogP contribution in [0.25, 0.3) is 0 Å². The van der Waals surface area contributed by atoms with Gasteiger partial charge in [-0.05, 0) is 42.5 Å². The highest BCUT2D eigenvalue weighted by Crippen LogP contribution is 2.30. The van der Waals surface area contributed by atoms with E-state index in [1.807, 2.05) is 0 Å². The lowest BCUT2D eigenvalue weighted by atomic mass is 10.2. The van der Waals surface area contributed by atoms with Gasteiger partial charge in [0.25, 0.3) is 11.8 Å². The summed E-state index contributed by atoms with van der Waals surface area (Å²) in [6.07, 6.45) is -4.44. The minimum atomic E-state index is -4.44. The number of alkyl halides is 3. The number of nitrogens with zero attached hydrogens (tertiary/aromatic N) is 1. The van der Waals surface area contributed by atoms with Gasteiger partial charge < -0.3 is 15.0 Å². The third-order valence-electron chi connectivity index (χ3n) is 3.45. The van der Waals surface area contributed by atoms with Crippen LogP contribution in [-0.2, 0) is 11.0 Å². The van der Waals surface area contributed by atoms with Crippen LogP contribution in [0.15, 0.2) is 42.5 Å². The Morgan fingerprint density at radius 2 is 1.74 bits per heavy atom. The summed E-state index contributed by atoms with van der Waals surface area (Å²) in [6, 6.07) is 8.41. The van der Waals surface area contributed by atoms with Gasteiger partial charge in [0.15, 0.2) is 6.61 Å². The number of anilines is 1. The van der Waals surface area contributed by atoms with E-state index < -0.39 is 24.3 Å². The molecule has 0 saturated carbocycles. The van der Waals surface area contributed by atoms with Gasteiger partial charge in [-0.15, -0.1) is 0 Å². The number of nitrogens with one attached hydrogen (secondary N) is 1. The normalized spacial score (nSPS) is 11.0. The van der Waals surface area contributed by atoms with Gasteiger partial charge in [0.2, 0.25) is 0 Å². The Morgan fingerprint density at radius 3 is 2.30 bits per heavy atom. The van der Waals surface area contributed by atoms with Crippen molar-refractivity contribution in [2.24, 2.45) is 0 Å². The molecule has 2 rings (SSSR count). The average molecular weight is 401 g/mol. The molecule has 0 fully saturated rings. The first-order chi connectivity index (χ1) is 12.6. The van der Waals surface area contributed by atoms with Crippen molar-refractivity contribution in [3.8, 4) is 5.75 Å². The van der Waals surface area contributed by atoms with Crippen molar-refractivity contribution in [1.82, 2.24) is 4.90 Å². The largest absolute Gasteiger partial charge is 0.484 e. The van der Waals surface area contributed by atoms with Crippen molar-refractivity contribution in [1.29, 1.82) is 0 Å². The van der Waals surface area contributed by atoms with Crippen LogP contribution in [0.4, 0.5) is 18.9 Å². The van der Waals surface area contributed by atoms with Crippen molar-refractivity contribution in [3.05, 3.63) is 58.6 Å². The molecule has 0 aliphatic rings. The smallest absolute Gasteiger partial charge is 0.416 e. The summed E-state index contributed by atoms with van der Waals surface area (Å²) in [5.41, 5.74) is -0.248. The highest BCUT2D eigenvalue weighted by molar-refractivity contribution is 6.33. The first-order valence-corrected chi connectivity index (χ1v) is 8.07. The third-order valence-corrected chi connectivity index (χ3v) is 3.77. The zero-order valence-electron chi connectivity index (χ0n) is 14.4. The molecule has 0 heterocycles. The molecule has 0 bridgehead atoms. The molecule has 2 aromatic rings. The lowest BCUT2D eigenvalue weighted by Crippen LogP contribution is -2.23. The maximum absolute atomic E-state index is 12.5. The van der Waals surface area contributed by atoms with Crippen molar-refractivity contribution >= 4 is 29.1 Å². The second kappa shape index (κ2) is 8.30. The first-order valence-electron chi connectivity index (χ1n) is 7.69. The highest BCUT2D eigenvalue weighted by Gasteiger charge is 2.30. The summed E-state index contributed by atoms with van der Waals surface area (Å²) in [4.78, 5) is 25.4. The summed E-state index contributed by atoms with van der Waals surface area (Å²) < 4.78 is 42.7. The number of amides is 2. The Kier molecular flexibility index (Phi) is 6.32. The number of benzene rings is 2. The summed E-state index contributed by atoms with van der Waals surface area (Å²) in [7, 11) is 3.18. The van der Waals surface area contributed by atoms with E-state index in [1.54, 1.807) is 14.1 Å². The fourth-order valence-electron chi connectivity index (χ4n) is 2.09. The molecule has 0 unspecified atom stereocenters. The molecule has 0 atom stereocenters. The predicted octanol–water partition coefficient (Wildman–Crippen LogP) is 4.08. The van der Waals surface area contributed by atoms with Crippen LogP contribution in [0.1, 0.15) is 15.9 Å². The van der Waals surface area contributed by atoms with Crippen molar-refractivity contribution in [3.63, 3.8) is 0 Å². The molecule has 9 heteroatoms. The highest BCUT2D eigenvalue weighted by atomic mass is 35.5. The van der Waals surface area contributed by atoms with E-state index in [0.717, 1.165) is 24.3 Å². The predicted molar refractivity (Wildman–Crippen MR) is 95.0 cm³/mol. The zero-order chi connectivity index (χ0) is 20.2. The van der Waals surface area contributed by atoms with Gasteiger partial charge in [-0.25, -0.2) is 0 Å². The maximum atomic E-state index is 12.5. The lowest BCUT2D eigenvalue weighted by Gasteiger charge is -2.13. The Balaban J connectivity index is 1.99. The van der Waals surface area contributed by atoms with Gasteiger partial charge in [-0.1, -0.05) is 11.6 Å². The number of ether oxygens (including phenoxy) is 1. The summed E-state index contributed by atoms with van der Waals surface area (Å²) in [5.74, 6) is -0.727. The SMILES string of the molecule is CN(C)C(=O)c1ccc(Cl)c(NC(=O)COc2ccc(C(F)(F)F)cc2)c1. The van der Waals surface area contributed by atoms with E-state index in [0.29, 0.717) is 5.56 Å². The van der Waals surface area contributed by atoms with Gasteiger partial charge in [0, 0.05) is 19.7 Å². The molecule has 0 saturated heterocycles. The monoisotopic (exact) mass is 400 g/mol. The second-order valence-corrected chi connectivity index (χ2v) is 6.16. The number of halogens is 4. The number of hydrogen-bond acceptors (Lipinski definition) is 3. The van der Waals surface area contributed by atoms with Gasteiger partial charge >= 0.3 is 6.18 Å². The molecule has 0 aliphatic heterocycles. The van der Waals surface area contributed by atoms with E-state index in [2.05, 4.69) is 5.32 Å². The van der Waals surface area contributed by atoms with Crippen LogP contribution >= 0.6 is 11.6 Å². The number of carbonyl (C=O) groups excluding carboxylic acids is 2. The molecule has 5 nitrogen and oxygen atoms in total. The standard InChI is InChI=1S/C18H16ClF3N2O3/c1-24(2)17(26)11-3-8-14(19)15(9-11)23-16(25)10-27-13-6-4-12(5-7-13)18(20,21)22/h3-9H,10H2,1-2H3,(H,23,25). The van der Waals surface area contributed by atoms with Crippen molar-refractivity contribution in [2.45, 2.75) is 6.18 Å². The first kappa shape index (κ1) is 20.6. The molecular weight excluding hydrogens is 385 g/mol. The minimum absolute atomic E-state index is 0.112. The van der Waals surface area contributed by atoms with E-state index >= 15 is 0 Å². The molecule has 2 amide bonds. The zero-order valence-corrected chi connectivity index (χ0v) is 15.2. The molecule has 0 spiro atoms. The fraction of sp³-hybridized carbons (Fsp3) is 0.222.